The molecule has 0 aliphatic heterocycles. The Morgan fingerprint density at radius 1 is 1.42 bits per heavy atom. The maximum Gasteiger partial charge on any atom is 0.263 e. The molecule has 7 heteroatoms. The van der Waals surface area contributed by atoms with Crippen molar-refractivity contribution >= 4 is 17.5 Å². The van der Waals surface area contributed by atoms with E-state index in [1.165, 1.54) is 10.6 Å². The minimum Gasteiger partial charge on any atom is -0.491 e. The van der Waals surface area contributed by atoms with Crippen molar-refractivity contribution in [1.82, 2.24) is 9.88 Å². The van der Waals surface area contributed by atoms with Crippen LogP contribution in [0.1, 0.15) is 15.9 Å². The molecular weight excluding hydrogens is 332 g/mol. The van der Waals surface area contributed by atoms with Gasteiger partial charge >= 0.3 is 0 Å². The minimum absolute atomic E-state index is 0.00809. The highest BCUT2D eigenvalue weighted by Gasteiger charge is 2.13. The van der Waals surface area contributed by atoms with Crippen LogP contribution in [0.4, 0.5) is 0 Å². The van der Waals surface area contributed by atoms with Gasteiger partial charge in [-0.05, 0) is 42.8 Å². The molecule has 1 aromatic heterocycles. The molecule has 0 saturated carbocycles. The lowest BCUT2D eigenvalue weighted by atomic mass is 10.2. The molecule has 2 rings (SSSR count). The molecule has 1 amide bonds. The zero-order chi connectivity index (χ0) is 17.7. The number of carbonyl (C=O) groups excluding carboxylic acids is 1. The lowest BCUT2D eigenvalue weighted by molar-refractivity contribution is 0.0842. The van der Waals surface area contributed by atoms with Crippen molar-refractivity contribution in [3.8, 4) is 5.75 Å². The van der Waals surface area contributed by atoms with Crippen LogP contribution in [-0.4, -0.2) is 34.8 Å². The Kier molecular flexibility index (Phi) is 6.00. The number of amides is 1. The van der Waals surface area contributed by atoms with Crippen molar-refractivity contribution < 1.29 is 14.6 Å². The van der Waals surface area contributed by atoms with Crippen LogP contribution < -0.4 is 15.6 Å². The van der Waals surface area contributed by atoms with E-state index in [2.05, 4.69) is 5.32 Å². The van der Waals surface area contributed by atoms with E-state index in [0.29, 0.717) is 10.8 Å². The third kappa shape index (κ3) is 4.59. The van der Waals surface area contributed by atoms with Crippen LogP contribution in [0.5, 0.6) is 5.75 Å². The Morgan fingerprint density at radius 2 is 2.17 bits per heavy atom. The first kappa shape index (κ1) is 18.0. The highest BCUT2D eigenvalue weighted by Crippen LogP contribution is 2.21. The van der Waals surface area contributed by atoms with Crippen LogP contribution in [0, 0.1) is 6.92 Å². The number of nitrogens with zero attached hydrogens (tertiary/aromatic N) is 1. The topological polar surface area (TPSA) is 80.6 Å². The SMILES string of the molecule is Cc1cc(OC[C@H](O)CNC(=O)c2cccn(C)c2=O)ccc1Cl. The maximum absolute atomic E-state index is 12.0. The number of rotatable bonds is 6. The third-order valence-corrected chi connectivity index (χ3v) is 3.86. The molecule has 0 radical (unpaired) electrons. The van der Waals surface area contributed by atoms with Gasteiger partial charge in [-0.25, -0.2) is 0 Å². The molecule has 0 unspecified atom stereocenters. The lowest BCUT2D eigenvalue weighted by Gasteiger charge is -2.14. The van der Waals surface area contributed by atoms with Crippen LogP contribution in [0.25, 0.3) is 0 Å². The predicted octanol–water partition coefficient (Wildman–Crippen LogP) is 1.52. The van der Waals surface area contributed by atoms with Crippen LogP contribution in [0.15, 0.2) is 41.3 Å². The molecule has 0 spiro atoms. The molecule has 6 nitrogen and oxygen atoms in total. The van der Waals surface area contributed by atoms with Crippen molar-refractivity contribution in [2.75, 3.05) is 13.2 Å². The van der Waals surface area contributed by atoms with Gasteiger partial charge in [-0.3, -0.25) is 9.59 Å². The molecule has 0 aliphatic rings. The molecule has 24 heavy (non-hydrogen) atoms. The predicted molar refractivity (Wildman–Crippen MR) is 91.7 cm³/mol. The molecule has 2 N–H and O–H groups in total. The number of hydrogen-bond donors (Lipinski definition) is 2. The number of hydrogen-bond acceptors (Lipinski definition) is 4. The van der Waals surface area contributed by atoms with Crippen molar-refractivity contribution in [3.05, 3.63) is 63.0 Å². The van der Waals surface area contributed by atoms with Crippen molar-refractivity contribution in [2.45, 2.75) is 13.0 Å². The van der Waals surface area contributed by atoms with E-state index in [1.54, 1.807) is 37.5 Å². The van der Waals surface area contributed by atoms with E-state index in [9.17, 15) is 14.7 Å². The molecule has 0 saturated heterocycles. The highest BCUT2D eigenvalue weighted by atomic mass is 35.5. The van der Waals surface area contributed by atoms with Gasteiger partial charge in [0.2, 0.25) is 0 Å². The summed E-state index contributed by atoms with van der Waals surface area (Å²) in [4.78, 5) is 23.8. The smallest absolute Gasteiger partial charge is 0.263 e. The summed E-state index contributed by atoms with van der Waals surface area (Å²) in [6, 6.07) is 8.23. The van der Waals surface area contributed by atoms with E-state index in [1.807, 2.05) is 6.92 Å². The van der Waals surface area contributed by atoms with E-state index < -0.39 is 17.6 Å². The second-order valence-electron chi connectivity index (χ2n) is 5.42. The summed E-state index contributed by atoms with van der Waals surface area (Å²) in [5.74, 6) is 0.0526. The molecular formula is C17H19ClN2O4. The second kappa shape index (κ2) is 7.99. The molecule has 0 bridgehead atoms. The number of benzene rings is 1. The fourth-order valence-corrected chi connectivity index (χ4v) is 2.15. The van der Waals surface area contributed by atoms with Gasteiger partial charge < -0.3 is 19.7 Å². The van der Waals surface area contributed by atoms with Crippen LogP contribution in [0.3, 0.4) is 0 Å². The standard InChI is InChI=1S/C17H19ClN2O4/c1-11-8-13(5-6-15(11)18)24-10-12(21)9-19-16(22)14-4-3-7-20(2)17(14)23/h3-8,12,21H,9-10H2,1-2H3,(H,19,22)/t12-/m1/s1. The minimum atomic E-state index is -0.905. The molecule has 0 aliphatic carbocycles. The van der Waals surface area contributed by atoms with Gasteiger partial charge in [-0.2, -0.15) is 0 Å². The number of nitrogens with one attached hydrogen (secondary N) is 1. The number of aliphatic hydroxyl groups excluding tert-OH is 1. The fourth-order valence-electron chi connectivity index (χ4n) is 2.03. The molecule has 128 valence electrons. The number of aliphatic hydroxyl groups is 1. The monoisotopic (exact) mass is 350 g/mol. The third-order valence-electron chi connectivity index (χ3n) is 3.44. The number of pyridine rings is 1. The van der Waals surface area contributed by atoms with Crippen LogP contribution in [-0.2, 0) is 7.05 Å². The van der Waals surface area contributed by atoms with Crippen molar-refractivity contribution in [3.63, 3.8) is 0 Å². The Hall–Kier alpha value is -2.31. The Morgan fingerprint density at radius 3 is 2.88 bits per heavy atom. The van der Waals surface area contributed by atoms with Gasteiger partial charge in [0.25, 0.3) is 11.5 Å². The van der Waals surface area contributed by atoms with Gasteiger partial charge in [0.15, 0.2) is 0 Å². The lowest BCUT2D eigenvalue weighted by Crippen LogP contribution is -2.38. The van der Waals surface area contributed by atoms with Gasteiger partial charge in [0.1, 0.15) is 24.0 Å². The summed E-state index contributed by atoms with van der Waals surface area (Å²) in [6.45, 7) is 1.84. The number of carbonyl (C=O) groups is 1. The van der Waals surface area contributed by atoms with Crippen molar-refractivity contribution in [2.24, 2.45) is 7.05 Å². The van der Waals surface area contributed by atoms with Gasteiger partial charge in [0.05, 0.1) is 0 Å². The zero-order valence-corrected chi connectivity index (χ0v) is 14.2. The van der Waals surface area contributed by atoms with Gasteiger partial charge in [-0.1, -0.05) is 11.6 Å². The Labute approximate surface area is 144 Å². The summed E-state index contributed by atoms with van der Waals surface area (Å²) in [5.41, 5.74) is 0.510. The largest absolute Gasteiger partial charge is 0.491 e. The maximum atomic E-state index is 12.0. The number of aryl methyl sites for hydroxylation is 2. The first-order valence-corrected chi connectivity index (χ1v) is 7.77. The fraction of sp³-hybridized carbons (Fsp3) is 0.294. The van der Waals surface area contributed by atoms with E-state index in [0.717, 1.165) is 5.56 Å². The Bertz CT molecular complexity index is 788. The summed E-state index contributed by atoms with van der Waals surface area (Å²) in [6.07, 6.45) is 0.660. The number of aromatic nitrogens is 1. The summed E-state index contributed by atoms with van der Waals surface area (Å²) < 4.78 is 6.78. The average Bonchev–Trinajstić information content (AvgIpc) is 2.56. The molecule has 0 fully saturated rings. The summed E-state index contributed by atoms with van der Waals surface area (Å²) in [7, 11) is 1.57. The normalized spacial score (nSPS) is 11.8. The Balaban J connectivity index is 1.85. The summed E-state index contributed by atoms with van der Waals surface area (Å²) >= 11 is 5.93. The molecule has 2 aromatic rings. The van der Waals surface area contributed by atoms with Crippen LogP contribution >= 0.6 is 11.6 Å². The number of ether oxygens (including phenoxy) is 1. The molecule has 1 atom stereocenters. The molecule has 1 heterocycles. The quantitative estimate of drug-likeness (QED) is 0.827. The summed E-state index contributed by atoms with van der Waals surface area (Å²) in [5, 5.41) is 13.1. The average molecular weight is 351 g/mol. The second-order valence-corrected chi connectivity index (χ2v) is 5.83. The van der Waals surface area contributed by atoms with Gasteiger partial charge in [-0.15, -0.1) is 0 Å². The van der Waals surface area contributed by atoms with Gasteiger partial charge in [0, 0.05) is 24.8 Å². The van der Waals surface area contributed by atoms with E-state index >= 15 is 0 Å². The van der Waals surface area contributed by atoms with Crippen LogP contribution in [0.2, 0.25) is 5.02 Å². The zero-order valence-electron chi connectivity index (χ0n) is 13.5. The van der Waals surface area contributed by atoms with E-state index in [-0.39, 0.29) is 18.7 Å². The van der Waals surface area contributed by atoms with E-state index in [4.69, 9.17) is 16.3 Å². The molecule has 1 aromatic carbocycles. The van der Waals surface area contributed by atoms with Crippen molar-refractivity contribution in [1.29, 1.82) is 0 Å². The highest BCUT2D eigenvalue weighted by molar-refractivity contribution is 6.31. The first-order chi connectivity index (χ1) is 11.4. The first-order valence-electron chi connectivity index (χ1n) is 7.39. The number of halogens is 1.